The van der Waals surface area contributed by atoms with E-state index in [2.05, 4.69) is 33.8 Å². The van der Waals surface area contributed by atoms with Gasteiger partial charge in [-0.05, 0) is 54.9 Å². The van der Waals surface area contributed by atoms with Gasteiger partial charge in [0.2, 0.25) is 5.91 Å². The number of piperidine rings is 1. The van der Waals surface area contributed by atoms with Crippen molar-refractivity contribution in [3.05, 3.63) is 12.2 Å². The SMILES string of the molecule is CC1(C)CCCC(C)(C)C1/C=C/C(=O)N1CCCCC1. The van der Waals surface area contributed by atoms with E-state index in [1.807, 2.05) is 11.0 Å². The molecule has 2 fully saturated rings. The highest BCUT2D eigenvalue weighted by Crippen LogP contribution is 2.51. The molecule has 2 nitrogen and oxygen atoms in total. The topological polar surface area (TPSA) is 20.3 Å². The molecule has 0 bridgehead atoms. The van der Waals surface area contributed by atoms with Crippen LogP contribution in [0.1, 0.15) is 66.2 Å². The molecule has 0 aromatic carbocycles. The third kappa shape index (κ3) is 3.45. The first-order valence-electron chi connectivity index (χ1n) is 8.30. The van der Waals surface area contributed by atoms with Crippen LogP contribution in [0.25, 0.3) is 0 Å². The maximum atomic E-state index is 12.3. The van der Waals surface area contributed by atoms with E-state index >= 15 is 0 Å². The first-order valence-corrected chi connectivity index (χ1v) is 8.30. The zero-order chi connectivity index (χ0) is 14.8. The Balaban J connectivity index is 2.05. The maximum Gasteiger partial charge on any atom is 0.246 e. The summed E-state index contributed by atoms with van der Waals surface area (Å²) in [6.45, 7) is 11.3. The molecule has 1 heterocycles. The summed E-state index contributed by atoms with van der Waals surface area (Å²) in [6.07, 6.45) is 11.5. The predicted molar refractivity (Wildman–Crippen MR) is 84.5 cm³/mol. The Hall–Kier alpha value is -0.790. The fourth-order valence-electron chi connectivity index (χ4n) is 4.29. The normalized spacial score (nSPS) is 26.9. The molecule has 2 heteroatoms. The highest BCUT2D eigenvalue weighted by atomic mass is 16.2. The van der Waals surface area contributed by atoms with E-state index in [0.717, 1.165) is 13.1 Å². The van der Waals surface area contributed by atoms with Gasteiger partial charge in [0.1, 0.15) is 0 Å². The number of hydrogen-bond donors (Lipinski definition) is 0. The van der Waals surface area contributed by atoms with Gasteiger partial charge >= 0.3 is 0 Å². The highest BCUT2D eigenvalue weighted by Gasteiger charge is 2.42. The first-order chi connectivity index (χ1) is 9.33. The molecule has 2 rings (SSSR count). The van der Waals surface area contributed by atoms with E-state index in [4.69, 9.17) is 0 Å². The molecule has 0 aromatic rings. The summed E-state index contributed by atoms with van der Waals surface area (Å²) >= 11 is 0. The van der Waals surface area contributed by atoms with E-state index in [0.29, 0.717) is 16.7 Å². The van der Waals surface area contributed by atoms with E-state index in [-0.39, 0.29) is 5.91 Å². The van der Waals surface area contributed by atoms with Crippen molar-refractivity contribution >= 4 is 5.91 Å². The molecule has 2 aliphatic rings. The molecule has 1 amide bonds. The van der Waals surface area contributed by atoms with E-state index in [1.165, 1.54) is 38.5 Å². The smallest absolute Gasteiger partial charge is 0.246 e. The lowest BCUT2D eigenvalue weighted by atomic mass is 9.57. The Morgan fingerprint density at radius 3 is 2.05 bits per heavy atom. The third-order valence-electron chi connectivity index (χ3n) is 5.43. The molecular weight excluding hydrogens is 246 g/mol. The van der Waals surface area contributed by atoms with E-state index in [1.54, 1.807) is 0 Å². The molecule has 20 heavy (non-hydrogen) atoms. The summed E-state index contributed by atoms with van der Waals surface area (Å²) in [5, 5.41) is 0. The van der Waals surface area contributed by atoms with Crippen molar-refractivity contribution in [3.8, 4) is 0 Å². The molecule has 0 unspecified atom stereocenters. The Morgan fingerprint density at radius 2 is 1.50 bits per heavy atom. The van der Waals surface area contributed by atoms with Crippen molar-refractivity contribution in [2.75, 3.05) is 13.1 Å². The number of carbonyl (C=O) groups excluding carboxylic acids is 1. The minimum atomic E-state index is 0.224. The molecule has 0 spiro atoms. The lowest BCUT2D eigenvalue weighted by molar-refractivity contribution is -0.126. The molecular formula is C18H31NO. The monoisotopic (exact) mass is 277 g/mol. The molecule has 1 aliphatic carbocycles. The van der Waals surface area contributed by atoms with Gasteiger partial charge < -0.3 is 4.90 Å². The van der Waals surface area contributed by atoms with Crippen LogP contribution in [0.3, 0.4) is 0 Å². The van der Waals surface area contributed by atoms with Crippen molar-refractivity contribution < 1.29 is 4.79 Å². The van der Waals surface area contributed by atoms with Gasteiger partial charge in [0.05, 0.1) is 0 Å². The predicted octanol–water partition coefficient (Wildman–Crippen LogP) is 4.41. The average molecular weight is 277 g/mol. The number of rotatable bonds is 2. The van der Waals surface area contributed by atoms with Crippen LogP contribution in [0.2, 0.25) is 0 Å². The van der Waals surface area contributed by atoms with Gasteiger partial charge in [-0.15, -0.1) is 0 Å². The van der Waals surface area contributed by atoms with Gasteiger partial charge in [0.15, 0.2) is 0 Å². The third-order valence-corrected chi connectivity index (χ3v) is 5.43. The van der Waals surface area contributed by atoms with Crippen LogP contribution in [0.4, 0.5) is 0 Å². The van der Waals surface area contributed by atoms with E-state index in [9.17, 15) is 4.79 Å². The summed E-state index contributed by atoms with van der Waals surface area (Å²) in [6, 6.07) is 0. The second-order valence-electron chi connectivity index (χ2n) is 8.05. The number of amides is 1. The van der Waals surface area contributed by atoms with Crippen molar-refractivity contribution in [1.82, 2.24) is 4.90 Å². The fourth-order valence-corrected chi connectivity index (χ4v) is 4.29. The van der Waals surface area contributed by atoms with Gasteiger partial charge in [-0.1, -0.05) is 40.2 Å². The summed E-state index contributed by atoms with van der Waals surface area (Å²) < 4.78 is 0. The zero-order valence-electron chi connectivity index (χ0n) is 13.7. The summed E-state index contributed by atoms with van der Waals surface area (Å²) in [4.78, 5) is 14.3. The Morgan fingerprint density at radius 1 is 0.950 bits per heavy atom. The molecule has 1 aliphatic heterocycles. The van der Waals surface area contributed by atoms with Crippen LogP contribution in [0.5, 0.6) is 0 Å². The van der Waals surface area contributed by atoms with Gasteiger partial charge in [0.25, 0.3) is 0 Å². The van der Waals surface area contributed by atoms with Crippen LogP contribution in [-0.2, 0) is 4.79 Å². The lowest BCUT2D eigenvalue weighted by Crippen LogP contribution is -2.40. The lowest BCUT2D eigenvalue weighted by Gasteiger charge is -2.48. The number of nitrogens with zero attached hydrogens (tertiary/aromatic N) is 1. The zero-order valence-corrected chi connectivity index (χ0v) is 13.7. The van der Waals surface area contributed by atoms with Crippen LogP contribution in [0.15, 0.2) is 12.2 Å². The molecule has 0 N–H and O–H groups in total. The van der Waals surface area contributed by atoms with Gasteiger partial charge in [0, 0.05) is 13.1 Å². The molecule has 1 saturated carbocycles. The quantitative estimate of drug-likeness (QED) is 0.685. The number of likely N-dealkylation sites (tertiary alicyclic amines) is 1. The molecule has 0 atom stereocenters. The van der Waals surface area contributed by atoms with Crippen molar-refractivity contribution in [3.63, 3.8) is 0 Å². The minimum Gasteiger partial charge on any atom is -0.339 e. The van der Waals surface area contributed by atoms with Crippen molar-refractivity contribution in [2.45, 2.75) is 66.2 Å². The summed E-state index contributed by atoms with van der Waals surface area (Å²) in [5.41, 5.74) is 0.612. The number of allylic oxidation sites excluding steroid dienone is 1. The van der Waals surface area contributed by atoms with Crippen molar-refractivity contribution in [1.29, 1.82) is 0 Å². The fraction of sp³-hybridized carbons (Fsp3) is 0.833. The van der Waals surface area contributed by atoms with Crippen molar-refractivity contribution in [2.24, 2.45) is 16.7 Å². The minimum absolute atomic E-state index is 0.224. The van der Waals surface area contributed by atoms with Crippen LogP contribution < -0.4 is 0 Å². The molecule has 0 aromatic heterocycles. The van der Waals surface area contributed by atoms with E-state index < -0.39 is 0 Å². The van der Waals surface area contributed by atoms with Gasteiger partial charge in [-0.2, -0.15) is 0 Å². The highest BCUT2D eigenvalue weighted by molar-refractivity contribution is 5.87. The van der Waals surface area contributed by atoms with Crippen LogP contribution in [-0.4, -0.2) is 23.9 Å². The second-order valence-corrected chi connectivity index (χ2v) is 8.05. The first kappa shape index (κ1) is 15.6. The number of hydrogen-bond acceptors (Lipinski definition) is 1. The molecule has 114 valence electrons. The van der Waals surface area contributed by atoms with Crippen LogP contribution in [0, 0.1) is 16.7 Å². The number of carbonyl (C=O) groups is 1. The maximum absolute atomic E-state index is 12.3. The Kier molecular flexibility index (Phi) is 4.61. The largest absolute Gasteiger partial charge is 0.339 e. The van der Waals surface area contributed by atoms with Gasteiger partial charge in [-0.25, -0.2) is 0 Å². The Bertz CT molecular complexity index is 359. The summed E-state index contributed by atoms with van der Waals surface area (Å²) in [7, 11) is 0. The molecule has 0 radical (unpaired) electrons. The standard InChI is InChI=1S/C18H31NO/c1-17(2)11-8-12-18(3,4)15(17)9-10-16(20)19-13-6-5-7-14-19/h9-10,15H,5-8,11-14H2,1-4H3/b10-9+. The Labute approximate surface area is 124 Å². The summed E-state index contributed by atoms with van der Waals surface area (Å²) in [5.74, 6) is 0.722. The molecule has 1 saturated heterocycles. The van der Waals surface area contributed by atoms with Crippen LogP contribution >= 0.6 is 0 Å². The average Bonchev–Trinajstić information content (AvgIpc) is 2.37. The van der Waals surface area contributed by atoms with Gasteiger partial charge in [-0.3, -0.25) is 4.79 Å². The second kappa shape index (κ2) is 5.91.